The predicted molar refractivity (Wildman–Crippen MR) is 97.3 cm³/mol. The fraction of sp³-hybridized carbons (Fsp3) is 0.300. The number of benzene rings is 2. The molecule has 0 heterocycles. The van der Waals surface area contributed by atoms with Gasteiger partial charge in [0.2, 0.25) is 0 Å². The van der Waals surface area contributed by atoms with Crippen molar-refractivity contribution in [3.63, 3.8) is 0 Å². The van der Waals surface area contributed by atoms with Gasteiger partial charge in [-0.2, -0.15) is 0 Å². The molecular formula is C20H23NO4. The van der Waals surface area contributed by atoms with Crippen molar-refractivity contribution in [1.82, 2.24) is 0 Å². The van der Waals surface area contributed by atoms with Crippen molar-refractivity contribution >= 4 is 17.6 Å². The fourth-order valence-electron chi connectivity index (χ4n) is 2.76. The van der Waals surface area contributed by atoms with Gasteiger partial charge in [-0.3, -0.25) is 9.59 Å². The SMILES string of the molecule is Cc1cc(C)c(OCC(=O)Nc2cccc(C(C)C(=O)O)c2)c(C)c1. The maximum atomic E-state index is 12.1. The molecule has 1 atom stereocenters. The number of carboxylic acids is 1. The van der Waals surface area contributed by atoms with Gasteiger partial charge < -0.3 is 15.2 Å². The average molecular weight is 341 g/mol. The molecule has 2 N–H and O–H groups in total. The normalized spacial score (nSPS) is 11.7. The minimum Gasteiger partial charge on any atom is -0.483 e. The van der Waals surface area contributed by atoms with E-state index in [1.807, 2.05) is 32.9 Å². The second-order valence-corrected chi connectivity index (χ2v) is 6.25. The Bertz CT molecular complexity index is 775. The second-order valence-electron chi connectivity index (χ2n) is 6.25. The summed E-state index contributed by atoms with van der Waals surface area (Å²) in [6.45, 7) is 7.41. The van der Waals surface area contributed by atoms with Gasteiger partial charge in [-0.05, 0) is 56.5 Å². The Labute approximate surface area is 147 Å². The number of aryl methyl sites for hydroxylation is 3. The van der Waals surface area contributed by atoms with Crippen molar-refractivity contribution in [2.24, 2.45) is 0 Å². The van der Waals surface area contributed by atoms with Crippen LogP contribution in [0.3, 0.4) is 0 Å². The van der Waals surface area contributed by atoms with Crippen molar-refractivity contribution in [3.05, 3.63) is 58.7 Å². The van der Waals surface area contributed by atoms with E-state index in [0.717, 1.165) is 16.7 Å². The lowest BCUT2D eigenvalue weighted by Crippen LogP contribution is -2.21. The summed E-state index contributed by atoms with van der Waals surface area (Å²) >= 11 is 0. The molecule has 0 aromatic heterocycles. The fourth-order valence-corrected chi connectivity index (χ4v) is 2.76. The van der Waals surface area contributed by atoms with E-state index in [4.69, 9.17) is 9.84 Å². The zero-order valence-electron chi connectivity index (χ0n) is 14.9. The van der Waals surface area contributed by atoms with E-state index in [1.54, 1.807) is 31.2 Å². The molecule has 2 rings (SSSR count). The molecule has 25 heavy (non-hydrogen) atoms. The van der Waals surface area contributed by atoms with Crippen molar-refractivity contribution in [2.45, 2.75) is 33.6 Å². The Morgan fingerprint density at radius 1 is 1.12 bits per heavy atom. The minimum absolute atomic E-state index is 0.108. The maximum Gasteiger partial charge on any atom is 0.310 e. The van der Waals surface area contributed by atoms with E-state index in [0.29, 0.717) is 17.0 Å². The molecule has 5 heteroatoms. The van der Waals surface area contributed by atoms with Crippen LogP contribution < -0.4 is 10.1 Å². The molecule has 2 aromatic rings. The number of carboxylic acid groups (broad SMARTS) is 1. The van der Waals surface area contributed by atoms with Crippen LogP contribution in [0.1, 0.15) is 35.1 Å². The van der Waals surface area contributed by atoms with Crippen LogP contribution in [-0.4, -0.2) is 23.6 Å². The van der Waals surface area contributed by atoms with Crippen LogP contribution in [0.15, 0.2) is 36.4 Å². The van der Waals surface area contributed by atoms with Gasteiger partial charge in [0, 0.05) is 5.69 Å². The number of amides is 1. The molecule has 0 aliphatic heterocycles. The van der Waals surface area contributed by atoms with Gasteiger partial charge in [0.1, 0.15) is 5.75 Å². The van der Waals surface area contributed by atoms with Crippen LogP contribution in [0.5, 0.6) is 5.75 Å². The van der Waals surface area contributed by atoms with E-state index < -0.39 is 11.9 Å². The van der Waals surface area contributed by atoms with Gasteiger partial charge in [-0.25, -0.2) is 0 Å². The number of carbonyl (C=O) groups excluding carboxylic acids is 1. The number of ether oxygens (including phenoxy) is 1. The quantitative estimate of drug-likeness (QED) is 0.837. The molecule has 0 saturated carbocycles. The Kier molecular flexibility index (Phi) is 5.80. The van der Waals surface area contributed by atoms with Crippen LogP contribution in [-0.2, 0) is 9.59 Å². The third-order valence-electron chi connectivity index (χ3n) is 3.99. The third kappa shape index (κ3) is 4.83. The zero-order chi connectivity index (χ0) is 18.6. The average Bonchev–Trinajstić information content (AvgIpc) is 2.53. The Morgan fingerprint density at radius 2 is 1.76 bits per heavy atom. The minimum atomic E-state index is -0.905. The number of carbonyl (C=O) groups is 2. The van der Waals surface area contributed by atoms with Crippen molar-refractivity contribution in [1.29, 1.82) is 0 Å². The first-order valence-corrected chi connectivity index (χ1v) is 8.11. The van der Waals surface area contributed by atoms with Gasteiger partial charge in [-0.1, -0.05) is 29.8 Å². The molecule has 0 aliphatic carbocycles. The molecule has 0 saturated heterocycles. The number of hydrogen-bond donors (Lipinski definition) is 2. The molecule has 2 aromatic carbocycles. The Morgan fingerprint density at radius 3 is 2.36 bits per heavy atom. The van der Waals surface area contributed by atoms with E-state index in [2.05, 4.69) is 5.32 Å². The summed E-state index contributed by atoms with van der Waals surface area (Å²) in [6, 6.07) is 10.9. The van der Waals surface area contributed by atoms with Crippen molar-refractivity contribution in [3.8, 4) is 5.75 Å². The lowest BCUT2D eigenvalue weighted by molar-refractivity contribution is -0.138. The zero-order valence-corrected chi connectivity index (χ0v) is 14.9. The number of rotatable bonds is 6. The van der Waals surface area contributed by atoms with E-state index in [1.165, 1.54) is 0 Å². The summed E-state index contributed by atoms with van der Waals surface area (Å²) in [5.41, 5.74) is 4.31. The first-order valence-electron chi connectivity index (χ1n) is 8.11. The molecule has 0 radical (unpaired) electrons. The number of aliphatic carboxylic acids is 1. The largest absolute Gasteiger partial charge is 0.483 e. The highest BCUT2D eigenvalue weighted by Crippen LogP contribution is 2.24. The van der Waals surface area contributed by atoms with E-state index >= 15 is 0 Å². The van der Waals surface area contributed by atoms with Gasteiger partial charge in [0.15, 0.2) is 6.61 Å². The molecular weight excluding hydrogens is 318 g/mol. The highest BCUT2D eigenvalue weighted by Gasteiger charge is 2.14. The molecule has 0 bridgehead atoms. The Hall–Kier alpha value is -2.82. The monoisotopic (exact) mass is 341 g/mol. The third-order valence-corrected chi connectivity index (χ3v) is 3.99. The van der Waals surface area contributed by atoms with Gasteiger partial charge >= 0.3 is 5.97 Å². The van der Waals surface area contributed by atoms with Gasteiger partial charge in [0.05, 0.1) is 5.92 Å². The first-order chi connectivity index (χ1) is 11.8. The molecule has 0 fully saturated rings. The standard InChI is InChI=1S/C20H23NO4/c1-12-8-13(2)19(14(3)9-12)25-11-18(22)21-17-7-5-6-16(10-17)15(4)20(23)24/h5-10,15H,11H2,1-4H3,(H,21,22)(H,23,24). The maximum absolute atomic E-state index is 12.1. The lowest BCUT2D eigenvalue weighted by atomic mass is 10.0. The van der Waals surface area contributed by atoms with Crippen LogP contribution in [0.25, 0.3) is 0 Å². The summed E-state index contributed by atoms with van der Waals surface area (Å²) in [4.78, 5) is 23.2. The lowest BCUT2D eigenvalue weighted by Gasteiger charge is -2.14. The van der Waals surface area contributed by atoms with E-state index in [9.17, 15) is 9.59 Å². The van der Waals surface area contributed by atoms with E-state index in [-0.39, 0.29) is 12.5 Å². The van der Waals surface area contributed by atoms with Crippen molar-refractivity contribution < 1.29 is 19.4 Å². The van der Waals surface area contributed by atoms with Crippen LogP contribution in [0.4, 0.5) is 5.69 Å². The number of anilines is 1. The smallest absolute Gasteiger partial charge is 0.310 e. The predicted octanol–water partition coefficient (Wildman–Crippen LogP) is 3.82. The van der Waals surface area contributed by atoms with Gasteiger partial charge in [0.25, 0.3) is 5.91 Å². The second kappa shape index (κ2) is 7.83. The molecule has 5 nitrogen and oxygen atoms in total. The van der Waals surface area contributed by atoms with Crippen LogP contribution in [0, 0.1) is 20.8 Å². The summed E-state index contributed by atoms with van der Waals surface area (Å²) in [7, 11) is 0. The van der Waals surface area contributed by atoms with Crippen LogP contribution >= 0.6 is 0 Å². The highest BCUT2D eigenvalue weighted by atomic mass is 16.5. The summed E-state index contributed by atoms with van der Waals surface area (Å²) in [6.07, 6.45) is 0. The first kappa shape index (κ1) is 18.5. The summed E-state index contributed by atoms with van der Waals surface area (Å²) in [5.74, 6) is -1.11. The molecule has 1 amide bonds. The van der Waals surface area contributed by atoms with Crippen molar-refractivity contribution in [2.75, 3.05) is 11.9 Å². The number of hydrogen-bond acceptors (Lipinski definition) is 3. The van der Waals surface area contributed by atoms with Crippen LogP contribution in [0.2, 0.25) is 0 Å². The van der Waals surface area contributed by atoms with Gasteiger partial charge in [-0.15, -0.1) is 0 Å². The highest BCUT2D eigenvalue weighted by molar-refractivity contribution is 5.92. The molecule has 1 unspecified atom stereocenters. The molecule has 0 spiro atoms. The Balaban J connectivity index is 2.02. The molecule has 132 valence electrons. The molecule has 0 aliphatic rings. The summed E-state index contributed by atoms with van der Waals surface area (Å²) < 4.78 is 5.67. The summed E-state index contributed by atoms with van der Waals surface area (Å²) in [5, 5.41) is 11.8. The number of nitrogens with one attached hydrogen (secondary N) is 1. The topological polar surface area (TPSA) is 75.6 Å².